The first kappa shape index (κ1) is 14.1. The van der Waals surface area contributed by atoms with Crippen molar-refractivity contribution in [2.24, 2.45) is 5.41 Å². The molecule has 4 nitrogen and oxygen atoms in total. The number of carbonyl (C=O) groups excluding carboxylic acids is 1. The van der Waals surface area contributed by atoms with Gasteiger partial charge in [0.2, 0.25) is 5.91 Å². The van der Waals surface area contributed by atoms with E-state index in [-0.39, 0.29) is 5.91 Å². The van der Waals surface area contributed by atoms with E-state index < -0.39 is 5.41 Å². The monoisotopic (exact) mass is 267 g/mol. The van der Waals surface area contributed by atoms with Gasteiger partial charge in [0, 0.05) is 5.69 Å². The molecule has 0 spiro atoms. The Morgan fingerprint density at radius 2 is 1.95 bits per heavy atom. The van der Waals surface area contributed by atoms with E-state index in [1.54, 1.807) is 18.2 Å². The van der Waals surface area contributed by atoms with Gasteiger partial charge in [-0.1, -0.05) is 25.3 Å². The zero-order valence-electron chi connectivity index (χ0n) is 11.6. The van der Waals surface area contributed by atoms with Gasteiger partial charge in [-0.2, -0.15) is 10.5 Å². The fourth-order valence-corrected chi connectivity index (χ4v) is 2.61. The average Bonchev–Trinajstić information content (AvgIpc) is 2.50. The van der Waals surface area contributed by atoms with E-state index in [1.165, 1.54) is 0 Å². The molecule has 0 radical (unpaired) electrons. The fraction of sp³-hybridized carbons (Fsp3) is 0.438. The third-order valence-electron chi connectivity index (χ3n) is 3.97. The quantitative estimate of drug-likeness (QED) is 0.893. The molecule has 0 saturated heterocycles. The van der Waals surface area contributed by atoms with Crippen LogP contribution in [0.5, 0.6) is 0 Å². The fourth-order valence-electron chi connectivity index (χ4n) is 2.61. The molecule has 102 valence electrons. The van der Waals surface area contributed by atoms with Crippen molar-refractivity contribution < 1.29 is 4.79 Å². The van der Waals surface area contributed by atoms with Gasteiger partial charge < -0.3 is 5.32 Å². The van der Waals surface area contributed by atoms with E-state index in [4.69, 9.17) is 5.26 Å². The van der Waals surface area contributed by atoms with Crippen LogP contribution in [-0.2, 0) is 4.79 Å². The maximum absolute atomic E-state index is 12.5. The second kappa shape index (κ2) is 5.75. The maximum atomic E-state index is 12.5. The molecule has 2 rings (SSSR count). The van der Waals surface area contributed by atoms with Crippen molar-refractivity contribution in [2.45, 2.75) is 39.0 Å². The zero-order chi connectivity index (χ0) is 14.6. The number of nitrogens with one attached hydrogen (secondary N) is 1. The molecule has 1 N–H and O–H groups in total. The summed E-state index contributed by atoms with van der Waals surface area (Å²) in [6, 6.07) is 9.43. The van der Waals surface area contributed by atoms with E-state index >= 15 is 0 Å². The van der Waals surface area contributed by atoms with Gasteiger partial charge in [-0.05, 0) is 37.5 Å². The average molecular weight is 267 g/mol. The predicted molar refractivity (Wildman–Crippen MR) is 75.7 cm³/mol. The van der Waals surface area contributed by atoms with Gasteiger partial charge in [-0.15, -0.1) is 0 Å². The highest BCUT2D eigenvalue weighted by Crippen LogP contribution is 2.37. The van der Waals surface area contributed by atoms with Crippen LogP contribution in [0.25, 0.3) is 0 Å². The Labute approximate surface area is 119 Å². The molecule has 0 atom stereocenters. The van der Waals surface area contributed by atoms with E-state index in [1.807, 2.05) is 6.92 Å². The first-order valence-corrected chi connectivity index (χ1v) is 6.85. The molecule has 1 fully saturated rings. The smallest absolute Gasteiger partial charge is 0.244 e. The van der Waals surface area contributed by atoms with Crippen LogP contribution in [0.4, 0.5) is 5.69 Å². The third kappa shape index (κ3) is 2.65. The topological polar surface area (TPSA) is 76.7 Å². The molecular weight excluding hydrogens is 250 g/mol. The summed E-state index contributed by atoms with van der Waals surface area (Å²) in [6.45, 7) is 1.87. The molecule has 1 aromatic carbocycles. The van der Waals surface area contributed by atoms with Crippen molar-refractivity contribution >= 4 is 11.6 Å². The molecule has 20 heavy (non-hydrogen) atoms. The second-order valence-corrected chi connectivity index (χ2v) is 5.35. The molecule has 0 heterocycles. The molecule has 1 saturated carbocycles. The second-order valence-electron chi connectivity index (χ2n) is 5.35. The predicted octanol–water partition coefficient (Wildman–Crippen LogP) is 3.28. The maximum Gasteiger partial charge on any atom is 0.244 e. The summed E-state index contributed by atoms with van der Waals surface area (Å²) in [7, 11) is 0. The third-order valence-corrected chi connectivity index (χ3v) is 3.97. The summed E-state index contributed by atoms with van der Waals surface area (Å²) < 4.78 is 0. The number of anilines is 1. The number of hydrogen-bond donors (Lipinski definition) is 1. The highest BCUT2D eigenvalue weighted by Gasteiger charge is 2.39. The van der Waals surface area contributed by atoms with Crippen molar-refractivity contribution in [1.82, 2.24) is 0 Å². The van der Waals surface area contributed by atoms with Gasteiger partial charge in [0.25, 0.3) is 0 Å². The highest BCUT2D eigenvalue weighted by molar-refractivity contribution is 5.98. The van der Waals surface area contributed by atoms with Gasteiger partial charge in [-0.3, -0.25) is 4.79 Å². The van der Waals surface area contributed by atoms with Crippen molar-refractivity contribution in [3.63, 3.8) is 0 Å². The standard InChI is InChI=1S/C16H17N3O/c1-12-5-6-13(10-17)9-14(12)19-15(20)16(11-18)7-3-2-4-8-16/h5-6,9H,2-4,7-8H2,1H3,(H,19,20). The first-order chi connectivity index (χ1) is 9.61. The van der Waals surface area contributed by atoms with Crippen LogP contribution in [0.15, 0.2) is 18.2 Å². The summed E-state index contributed by atoms with van der Waals surface area (Å²) in [5.41, 5.74) is 1.10. The summed E-state index contributed by atoms with van der Waals surface area (Å²) in [6.07, 6.45) is 4.15. The van der Waals surface area contributed by atoms with Crippen molar-refractivity contribution in [3.05, 3.63) is 29.3 Å². The van der Waals surface area contributed by atoms with Gasteiger partial charge in [0.15, 0.2) is 0 Å². The highest BCUT2D eigenvalue weighted by atomic mass is 16.2. The van der Waals surface area contributed by atoms with Crippen LogP contribution in [0.1, 0.15) is 43.2 Å². The lowest BCUT2D eigenvalue weighted by atomic mass is 9.74. The molecule has 0 aliphatic heterocycles. The number of hydrogen-bond acceptors (Lipinski definition) is 3. The number of aryl methyl sites for hydroxylation is 1. The Hall–Kier alpha value is -2.33. The first-order valence-electron chi connectivity index (χ1n) is 6.85. The van der Waals surface area contributed by atoms with Gasteiger partial charge in [0.05, 0.1) is 17.7 Å². The minimum Gasteiger partial charge on any atom is -0.324 e. The molecule has 1 aliphatic carbocycles. The number of nitriles is 2. The lowest BCUT2D eigenvalue weighted by Crippen LogP contribution is -2.37. The van der Waals surface area contributed by atoms with Gasteiger partial charge in [0.1, 0.15) is 5.41 Å². The zero-order valence-corrected chi connectivity index (χ0v) is 11.6. The molecule has 0 unspecified atom stereocenters. The van der Waals surface area contributed by atoms with Crippen molar-refractivity contribution in [2.75, 3.05) is 5.32 Å². The lowest BCUT2D eigenvalue weighted by molar-refractivity contribution is -0.124. The van der Waals surface area contributed by atoms with Crippen LogP contribution < -0.4 is 5.32 Å². The van der Waals surface area contributed by atoms with Crippen molar-refractivity contribution in [3.8, 4) is 12.1 Å². The Kier molecular flexibility index (Phi) is 4.05. The number of carbonyl (C=O) groups is 1. The van der Waals surface area contributed by atoms with E-state index in [0.29, 0.717) is 24.1 Å². The summed E-state index contributed by atoms with van der Waals surface area (Å²) in [5, 5.41) is 21.1. The lowest BCUT2D eigenvalue weighted by Gasteiger charge is -2.29. The van der Waals surface area contributed by atoms with E-state index in [0.717, 1.165) is 24.8 Å². The van der Waals surface area contributed by atoms with Crippen molar-refractivity contribution in [1.29, 1.82) is 10.5 Å². The van der Waals surface area contributed by atoms with Crippen LogP contribution in [0.2, 0.25) is 0 Å². The van der Waals surface area contributed by atoms with E-state index in [2.05, 4.69) is 17.5 Å². The number of nitrogens with zero attached hydrogens (tertiary/aromatic N) is 2. The van der Waals surface area contributed by atoms with Gasteiger partial charge >= 0.3 is 0 Å². The Morgan fingerprint density at radius 3 is 2.55 bits per heavy atom. The minimum atomic E-state index is -0.909. The Morgan fingerprint density at radius 1 is 1.25 bits per heavy atom. The SMILES string of the molecule is Cc1ccc(C#N)cc1NC(=O)C1(C#N)CCCCC1. The molecular formula is C16H17N3O. The molecule has 4 heteroatoms. The Balaban J connectivity index is 2.23. The Bertz CT molecular complexity index is 601. The molecule has 0 bridgehead atoms. The summed E-state index contributed by atoms with van der Waals surface area (Å²) >= 11 is 0. The molecule has 1 aromatic rings. The number of amides is 1. The van der Waals surface area contributed by atoms with Crippen LogP contribution in [0, 0.1) is 35.0 Å². The van der Waals surface area contributed by atoms with E-state index in [9.17, 15) is 10.1 Å². The largest absolute Gasteiger partial charge is 0.324 e. The van der Waals surface area contributed by atoms with Crippen LogP contribution in [-0.4, -0.2) is 5.91 Å². The van der Waals surface area contributed by atoms with Gasteiger partial charge in [-0.25, -0.2) is 0 Å². The number of benzene rings is 1. The number of rotatable bonds is 2. The minimum absolute atomic E-state index is 0.238. The molecule has 1 amide bonds. The summed E-state index contributed by atoms with van der Waals surface area (Å²) in [4.78, 5) is 12.5. The van der Waals surface area contributed by atoms with Crippen LogP contribution in [0.3, 0.4) is 0 Å². The molecule has 1 aliphatic rings. The molecule has 0 aromatic heterocycles. The summed E-state index contributed by atoms with van der Waals surface area (Å²) in [5.74, 6) is -0.238. The normalized spacial score (nSPS) is 16.8. The van der Waals surface area contributed by atoms with Crippen LogP contribution >= 0.6 is 0 Å².